The number of aromatic nitrogens is 2. The molecule has 0 radical (unpaired) electrons. The average Bonchev–Trinajstić information content (AvgIpc) is 3.72. The lowest BCUT2D eigenvalue weighted by atomic mass is 9.98. The summed E-state index contributed by atoms with van der Waals surface area (Å²) < 4.78 is 27.3. The molecule has 2 saturated heterocycles. The molecule has 1 unspecified atom stereocenters. The molecule has 1 N–H and O–H groups in total. The number of hydrogen-bond donors (Lipinski definition) is 1. The number of piperidine rings is 1. The van der Waals surface area contributed by atoms with Gasteiger partial charge < -0.3 is 29.4 Å². The first kappa shape index (κ1) is 37.6. The maximum absolute atomic E-state index is 15.6. The second-order valence-corrected chi connectivity index (χ2v) is 14.0. The van der Waals surface area contributed by atoms with Crippen LogP contribution in [0.25, 0.3) is 16.6 Å². The molecule has 288 valence electrons. The van der Waals surface area contributed by atoms with Crippen LogP contribution in [0.2, 0.25) is 0 Å². The number of likely N-dealkylation sites (N-methyl/N-ethyl adjacent to an activating group) is 1. The normalized spacial score (nSPS) is 17.1. The largest absolute Gasteiger partial charge is 0.438 e. The number of carbonyl (C=O) groups excluding carboxylic acids is 5. The molecule has 55 heavy (non-hydrogen) atoms. The molecule has 15 heteroatoms. The fourth-order valence-corrected chi connectivity index (χ4v) is 8.02. The number of amides is 3. The molecule has 2 aromatic carbocycles. The van der Waals surface area contributed by atoms with Crippen LogP contribution in [-0.2, 0) is 30.3 Å². The summed E-state index contributed by atoms with van der Waals surface area (Å²) in [7, 11) is 2.86. The number of rotatable bonds is 13. The van der Waals surface area contributed by atoms with Gasteiger partial charge in [-0.1, -0.05) is 18.2 Å². The van der Waals surface area contributed by atoms with Crippen molar-refractivity contribution < 1.29 is 37.8 Å². The number of fused-ring (bicyclic) bond motifs is 2. The second kappa shape index (κ2) is 16.4. The molecule has 2 fully saturated rings. The second-order valence-electron chi connectivity index (χ2n) is 14.0. The summed E-state index contributed by atoms with van der Waals surface area (Å²) in [6.45, 7) is 4.16. The molecule has 0 bridgehead atoms. The average molecular weight is 754 g/mol. The minimum Gasteiger partial charge on any atom is -0.438 e. The number of carbonyl (C=O) groups is 5. The number of para-hydroxylation sites is 1. The van der Waals surface area contributed by atoms with E-state index in [9.17, 15) is 24.0 Å². The number of anilines is 2. The first-order chi connectivity index (χ1) is 26.7. The third-order valence-corrected chi connectivity index (χ3v) is 10.9. The summed E-state index contributed by atoms with van der Waals surface area (Å²) >= 11 is 0. The van der Waals surface area contributed by atoms with E-state index in [0.717, 1.165) is 64.8 Å². The van der Waals surface area contributed by atoms with Gasteiger partial charge in [0.2, 0.25) is 5.91 Å². The maximum atomic E-state index is 15.6. The Kier molecular flexibility index (Phi) is 11.2. The number of nitrogens with zero attached hydrogens (tertiary/aromatic N) is 6. The molecule has 1 atom stereocenters. The van der Waals surface area contributed by atoms with Crippen molar-refractivity contribution in [1.82, 2.24) is 24.7 Å². The summed E-state index contributed by atoms with van der Waals surface area (Å²) in [6, 6.07) is 14.1. The highest BCUT2D eigenvalue weighted by atomic mass is 19.1. The van der Waals surface area contributed by atoms with Gasteiger partial charge in [-0.2, -0.15) is 5.10 Å². The van der Waals surface area contributed by atoms with Gasteiger partial charge in [-0.3, -0.25) is 29.0 Å². The first-order valence-electron chi connectivity index (χ1n) is 18.5. The van der Waals surface area contributed by atoms with Crippen LogP contribution < -0.4 is 15.1 Å². The van der Waals surface area contributed by atoms with E-state index in [2.05, 4.69) is 38.4 Å². The summed E-state index contributed by atoms with van der Waals surface area (Å²) in [5.74, 6) is -2.95. The van der Waals surface area contributed by atoms with Gasteiger partial charge in [-0.15, -0.1) is 0 Å². The molecule has 3 aliphatic heterocycles. The summed E-state index contributed by atoms with van der Waals surface area (Å²) in [6.07, 6.45) is 6.20. The highest BCUT2D eigenvalue weighted by Crippen LogP contribution is 2.36. The van der Waals surface area contributed by atoms with E-state index in [4.69, 9.17) is 9.47 Å². The van der Waals surface area contributed by atoms with E-state index in [1.807, 2.05) is 29.3 Å². The van der Waals surface area contributed by atoms with Crippen molar-refractivity contribution in [1.29, 1.82) is 0 Å². The molecule has 4 aromatic rings. The third-order valence-electron chi connectivity index (χ3n) is 10.9. The number of pyridine rings is 1. The van der Waals surface area contributed by atoms with Gasteiger partial charge in [-0.05, 0) is 55.2 Å². The zero-order valence-corrected chi connectivity index (χ0v) is 30.9. The van der Waals surface area contributed by atoms with Gasteiger partial charge in [0, 0.05) is 88.9 Å². The van der Waals surface area contributed by atoms with Crippen LogP contribution in [0.5, 0.6) is 0 Å². The van der Waals surface area contributed by atoms with E-state index < -0.39 is 29.6 Å². The van der Waals surface area contributed by atoms with Gasteiger partial charge in [-0.25, -0.2) is 8.91 Å². The zero-order chi connectivity index (χ0) is 38.6. The lowest BCUT2D eigenvalue weighted by Crippen LogP contribution is -2.53. The number of methoxy groups -OCH3 is 1. The van der Waals surface area contributed by atoms with Crippen LogP contribution in [0.1, 0.15) is 52.0 Å². The maximum Gasteiger partial charge on any atom is 0.312 e. The third kappa shape index (κ3) is 7.54. The molecule has 3 aliphatic rings. The van der Waals surface area contributed by atoms with Crippen molar-refractivity contribution in [3.8, 4) is 11.1 Å². The van der Waals surface area contributed by atoms with E-state index in [0.29, 0.717) is 38.5 Å². The summed E-state index contributed by atoms with van der Waals surface area (Å²) in [5.41, 5.74) is 5.10. The molecule has 0 aliphatic carbocycles. The fraction of sp³-hybridized carbons (Fsp3) is 0.400. The zero-order valence-electron chi connectivity index (χ0n) is 30.9. The highest BCUT2D eigenvalue weighted by Gasteiger charge is 2.43. The van der Waals surface area contributed by atoms with Crippen LogP contribution in [-0.4, -0.2) is 122 Å². The molecule has 3 amide bonds. The van der Waals surface area contributed by atoms with Crippen molar-refractivity contribution in [2.45, 2.75) is 44.2 Å². The number of hydrogen-bond acceptors (Lipinski definition) is 11. The van der Waals surface area contributed by atoms with Gasteiger partial charge in [0.25, 0.3) is 11.8 Å². The van der Waals surface area contributed by atoms with E-state index in [1.165, 1.54) is 20.2 Å². The molecular formula is C40H44FN7O7. The van der Waals surface area contributed by atoms with Crippen molar-refractivity contribution >= 4 is 46.9 Å². The van der Waals surface area contributed by atoms with Crippen LogP contribution in [0, 0.1) is 5.82 Å². The van der Waals surface area contributed by atoms with Gasteiger partial charge >= 0.3 is 5.97 Å². The number of benzene rings is 2. The molecule has 0 spiro atoms. The number of ether oxygens (including phenoxy) is 2. The Morgan fingerprint density at radius 3 is 2.36 bits per heavy atom. The molecule has 2 aromatic heterocycles. The Hall–Kier alpha value is -5.67. The first-order valence-corrected chi connectivity index (χ1v) is 18.5. The monoisotopic (exact) mass is 753 g/mol. The Bertz CT molecular complexity index is 2110. The molecule has 0 saturated carbocycles. The summed E-state index contributed by atoms with van der Waals surface area (Å²) in [5, 5.41) is 6.87. The number of imide groups is 1. The smallest absolute Gasteiger partial charge is 0.312 e. The number of nitrogens with one attached hydrogen (secondary N) is 1. The number of piperazine rings is 1. The van der Waals surface area contributed by atoms with Crippen molar-refractivity contribution in [3.05, 3.63) is 83.4 Å². The molecular weight excluding hydrogens is 709 g/mol. The fourth-order valence-electron chi connectivity index (χ4n) is 8.02. The minimum absolute atomic E-state index is 0.00973. The molecule has 5 heterocycles. The summed E-state index contributed by atoms with van der Waals surface area (Å²) in [4.78, 5) is 70.2. The van der Waals surface area contributed by atoms with E-state index >= 15 is 4.39 Å². The predicted octanol–water partition coefficient (Wildman–Crippen LogP) is 3.31. The number of esters is 1. The molecule has 7 rings (SSSR count). The van der Waals surface area contributed by atoms with Gasteiger partial charge in [0.15, 0.2) is 6.79 Å². The topological polar surface area (TPSA) is 146 Å². The molecule has 14 nitrogen and oxygen atoms in total. The Morgan fingerprint density at radius 2 is 1.65 bits per heavy atom. The standard InChI is InChI=1S/C40H44FN7O7/c1-42-38(51)34(8-5-19-49)48-39(52)30-22-32(41)36(23-31(30)40(48)53)46-17-15-44(16-18-46)28-10-12-45(13-11-28)33-7-4-3-6-29(33)26-9-14-47-35(20-26)27(24-43-47)21-37(50)55-25-54-2/h3-4,6-7,9,14,19-20,22-24,28,34H,5,8,10-13,15-18,21,25H2,1-2H3,(H,42,51). The van der Waals surface area contributed by atoms with Crippen molar-refractivity contribution in [2.75, 3.05) is 70.0 Å². The van der Waals surface area contributed by atoms with Gasteiger partial charge in [0.05, 0.1) is 34.9 Å². The predicted molar refractivity (Wildman–Crippen MR) is 201 cm³/mol. The lowest BCUT2D eigenvalue weighted by molar-refractivity contribution is -0.153. The van der Waals surface area contributed by atoms with Crippen LogP contribution in [0.15, 0.2) is 60.9 Å². The van der Waals surface area contributed by atoms with Crippen LogP contribution in [0.3, 0.4) is 0 Å². The van der Waals surface area contributed by atoms with Crippen molar-refractivity contribution in [3.63, 3.8) is 0 Å². The number of aldehydes is 1. The lowest BCUT2D eigenvalue weighted by Gasteiger charge is -2.44. The quantitative estimate of drug-likeness (QED) is 0.0929. The van der Waals surface area contributed by atoms with E-state index in [-0.39, 0.29) is 48.8 Å². The highest BCUT2D eigenvalue weighted by molar-refractivity contribution is 6.23. The Morgan fingerprint density at radius 1 is 0.945 bits per heavy atom. The van der Waals surface area contributed by atoms with Crippen LogP contribution >= 0.6 is 0 Å². The minimum atomic E-state index is -1.16. The Balaban J connectivity index is 0.985. The van der Waals surface area contributed by atoms with E-state index in [1.54, 1.807) is 10.7 Å². The Labute approximate surface area is 317 Å². The SMILES string of the molecule is CNC(=O)C(CCC=O)N1C(=O)c2cc(F)c(N3CCN(C4CCN(c5ccccc5-c5ccn6ncc(CC(=O)OCOC)c6c5)CC4)CC3)cc2C1=O. The van der Waals surface area contributed by atoms with Gasteiger partial charge in [0.1, 0.15) is 18.1 Å². The number of halogens is 1. The van der Waals surface area contributed by atoms with Crippen molar-refractivity contribution in [2.24, 2.45) is 0 Å². The van der Waals surface area contributed by atoms with Crippen LogP contribution in [0.4, 0.5) is 15.8 Å².